The Hall–Kier alpha value is -1.31. The number of rotatable bonds is 0. The molecule has 2 heteroatoms. The van der Waals surface area contributed by atoms with E-state index in [1.807, 2.05) is 71.9 Å². The summed E-state index contributed by atoms with van der Waals surface area (Å²) in [5, 5.41) is -0.417. The molecule has 2 radical (unpaired) electrons. The molecule has 2 rings (SSSR count). The number of fused-ring (bicyclic) bond motifs is 1. The van der Waals surface area contributed by atoms with E-state index in [1.54, 1.807) is 0 Å². The summed E-state index contributed by atoms with van der Waals surface area (Å²) in [6.45, 7) is 12.0. The Labute approximate surface area is 113 Å². The average molecular weight is 241 g/mol. The minimum absolute atomic E-state index is 0.417. The van der Waals surface area contributed by atoms with Crippen LogP contribution in [0.1, 0.15) is 51.6 Å². The smallest absolute Gasteiger partial charge is 0.0864 e. The number of pyridine rings is 1. The van der Waals surface area contributed by atoms with E-state index in [4.69, 9.17) is 7.85 Å². The van der Waals surface area contributed by atoms with Gasteiger partial charge in [0.1, 0.15) is 0 Å². The first kappa shape index (κ1) is 16.7. The van der Waals surface area contributed by atoms with Gasteiger partial charge >= 0.3 is 0 Å². The van der Waals surface area contributed by atoms with Crippen LogP contribution in [0.3, 0.4) is 0 Å². The van der Waals surface area contributed by atoms with E-state index in [1.165, 1.54) is 0 Å². The van der Waals surface area contributed by atoms with Crippen LogP contribution in [-0.4, -0.2) is 12.8 Å². The normalized spacial score (nSPS) is 19.7. The van der Waals surface area contributed by atoms with Gasteiger partial charge in [0, 0.05) is 5.69 Å². The number of aryl methyl sites for hydroxylation is 1. The first-order valence-corrected chi connectivity index (χ1v) is 6.72. The fourth-order valence-electron chi connectivity index (χ4n) is 1.65. The molecule has 1 nitrogen and oxygen atoms in total. The van der Waals surface area contributed by atoms with Crippen LogP contribution in [0.4, 0.5) is 0 Å². The fourth-order valence-corrected chi connectivity index (χ4v) is 1.65. The predicted molar refractivity (Wildman–Crippen MR) is 83.0 cm³/mol. The highest BCUT2D eigenvalue weighted by molar-refractivity contribution is 6.17. The summed E-state index contributed by atoms with van der Waals surface area (Å²) in [5.41, 5.74) is 3.07. The minimum atomic E-state index is -0.417. The van der Waals surface area contributed by atoms with E-state index < -0.39 is 5.31 Å². The van der Waals surface area contributed by atoms with Gasteiger partial charge in [-0.3, -0.25) is 4.98 Å². The molecule has 1 atom stereocenters. The predicted octanol–water partition coefficient (Wildman–Crippen LogP) is 4.41. The van der Waals surface area contributed by atoms with Crippen molar-refractivity contribution in [1.29, 1.82) is 0 Å². The summed E-state index contributed by atoms with van der Waals surface area (Å²) < 4.78 is 0. The Morgan fingerprint density at radius 3 is 2.28 bits per heavy atom. The first-order valence-electron chi connectivity index (χ1n) is 6.72. The molecular formula is C16H24BN. The highest BCUT2D eigenvalue weighted by Crippen LogP contribution is 2.27. The number of hydrogen-bond donors (Lipinski definition) is 0. The second-order valence-electron chi connectivity index (χ2n) is 3.89. The van der Waals surface area contributed by atoms with Crippen molar-refractivity contribution in [3.05, 3.63) is 47.3 Å². The van der Waals surface area contributed by atoms with Gasteiger partial charge in [-0.15, -0.1) is 0 Å². The molecule has 1 heterocycles. The first-order chi connectivity index (χ1) is 8.59. The van der Waals surface area contributed by atoms with E-state index in [0.717, 1.165) is 17.0 Å². The molecule has 1 aliphatic carbocycles. The maximum atomic E-state index is 6.17. The maximum absolute atomic E-state index is 6.17. The molecule has 1 aromatic rings. The van der Waals surface area contributed by atoms with Gasteiger partial charge in [-0.05, 0) is 29.9 Å². The standard InChI is InChI=1S/C12H12BN.2C2H6/c1-9-6-7-10-11(14-9)5-3-4-8-12(10,2)13;2*1-2/h3-8H,1-2H3;2*1-2H3. The molecule has 18 heavy (non-hydrogen) atoms. The van der Waals surface area contributed by atoms with Crippen molar-refractivity contribution in [1.82, 2.24) is 4.98 Å². The lowest BCUT2D eigenvalue weighted by Gasteiger charge is -2.22. The SMILES string of the molecule is CC.CC.[B]C1(C)C=CC=Cc2nc(C)ccc21. The van der Waals surface area contributed by atoms with Crippen LogP contribution in [0.2, 0.25) is 0 Å². The molecule has 1 aliphatic rings. The lowest BCUT2D eigenvalue weighted by molar-refractivity contribution is 0.847. The molecule has 0 saturated carbocycles. The van der Waals surface area contributed by atoms with E-state index in [9.17, 15) is 0 Å². The molecule has 0 bridgehead atoms. The molecular weight excluding hydrogens is 217 g/mol. The van der Waals surface area contributed by atoms with Crippen LogP contribution in [0, 0.1) is 6.92 Å². The summed E-state index contributed by atoms with van der Waals surface area (Å²) in [7, 11) is 6.17. The molecule has 0 N–H and O–H groups in total. The van der Waals surface area contributed by atoms with Gasteiger partial charge in [-0.1, -0.05) is 58.9 Å². The third kappa shape index (κ3) is 4.17. The minimum Gasteiger partial charge on any atom is -0.253 e. The Balaban J connectivity index is 0.000000659. The van der Waals surface area contributed by atoms with Gasteiger partial charge in [-0.25, -0.2) is 0 Å². The molecule has 0 aliphatic heterocycles. The third-order valence-electron chi connectivity index (χ3n) is 2.45. The number of nitrogens with zero attached hydrogens (tertiary/aromatic N) is 1. The molecule has 1 aromatic heterocycles. The highest BCUT2D eigenvalue weighted by Gasteiger charge is 2.20. The van der Waals surface area contributed by atoms with Crippen LogP contribution < -0.4 is 0 Å². The molecule has 0 fully saturated rings. The quantitative estimate of drug-likeness (QED) is 0.613. The lowest BCUT2D eigenvalue weighted by atomic mass is 9.65. The van der Waals surface area contributed by atoms with Crippen LogP contribution in [0.25, 0.3) is 6.08 Å². The van der Waals surface area contributed by atoms with Gasteiger partial charge in [0.25, 0.3) is 0 Å². The molecule has 0 amide bonds. The van der Waals surface area contributed by atoms with Crippen molar-refractivity contribution in [3.8, 4) is 0 Å². The van der Waals surface area contributed by atoms with Crippen molar-refractivity contribution < 1.29 is 0 Å². The van der Waals surface area contributed by atoms with Gasteiger partial charge in [0.15, 0.2) is 0 Å². The lowest BCUT2D eigenvalue weighted by Crippen LogP contribution is -2.20. The van der Waals surface area contributed by atoms with Crippen molar-refractivity contribution in [2.45, 2.75) is 46.9 Å². The Kier molecular flexibility index (Phi) is 7.34. The van der Waals surface area contributed by atoms with Gasteiger partial charge in [0.05, 0.1) is 13.5 Å². The van der Waals surface area contributed by atoms with E-state index in [0.29, 0.717) is 0 Å². The summed E-state index contributed by atoms with van der Waals surface area (Å²) >= 11 is 0. The van der Waals surface area contributed by atoms with Gasteiger partial charge in [-0.2, -0.15) is 0 Å². The van der Waals surface area contributed by atoms with Gasteiger partial charge < -0.3 is 0 Å². The highest BCUT2D eigenvalue weighted by atomic mass is 14.7. The van der Waals surface area contributed by atoms with Crippen LogP contribution in [-0.2, 0) is 5.31 Å². The Bertz CT molecular complexity index is 417. The van der Waals surface area contributed by atoms with Crippen LogP contribution in [0.5, 0.6) is 0 Å². The van der Waals surface area contributed by atoms with Crippen LogP contribution in [0.15, 0.2) is 30.4 Å². The summed E-state index contributed by atoms with van der Waals surface area (Å²) in [4.78, 5) is 4.46. The van der Waals surface area contributed by atoms with E-state index >= 15 is 0 Å². The van der Waals surface area contributed by atoms with E-state index in [-0.39, 0.29) is 0 Å². The van der Waals surface area contributed by atoms with Gasteiger partial charge in [0.2, 0.25) is 0 Å². The topological polar surface area (TPSA) is 12.9 Å². The molecule has 1 unspecified atom stereocenters. The van der Waals surface area contributed by atoms with Crippen molar-refractivity contribution >= 4 is 13.9 Å². The summed E-state index contributed by atoms with van der Waals surface area (Å²) in [6.07, 6.45) is 7.93. The molecule has 0 aromatic carbocycles. The second-order valence-corrected chi connectivity index (χ2v) is 3.89. The number of hydrogen-bond acceptors (Lipinski definition) is 1. The fraction of sp³-hybridized carbons (Fsp3) is 0.438. The van der Waals surface area contributed by atoms with Crippen molar-refractivity contribution in [2.24, 2.45) is 0 Å². The Morgan fingerprint density at radius 2 is 1.67 bits per heavy atom. The zero-order valence-corrected chi connectivity index (χ0v) is 12.5. The summed E-state index contributed by atoms with van der Waals surface area (Å²) in [6, 6.07) is 4.05. The molecule has 0 spiro atoms. The van der Waals surface area contributed by atoms with Crippen molar-refractivity contribution in [2.75, 3.05) is 0 Å². The zero-order valence-electron chi connectivity index (χ0n) is 12.5. The number of aromatic nitrogens is 1. The largest absolute Gasteiger partial charge is 0.253 e. The van der Waals surface area contributed by atoms with Crippen molar-refractivity contribution in [3.63, 3.8) is 0 Å². The maximum Gasteiger partial charge on any atom is 0.0864 e. The average Bonchev–Trinajstić information content (AvgIpc) is 2.53. The summed E-state index contributed by atoms with van der Waals surface area (Å²) in [5.74, 6) is 0. The zero-order chi connectivity index (χ0) is 14.2. The second kappa shape index (κ2) is 7.91. The Morgan fingerprint density at radius 1 is 1.06 bits per heavy atom. The third-order valence-corrected chi connectivity index (χ3v) is 2.45. The molecule has 96 valence electrons. The van der Waals surface area contributed by atoms with E-state index in [2.05, 4.69) is 11.1 Å². The molecule has 0 saturated heterocycles. The monoisotopic (exact) mass is 241 g/mol. The van der Waals surface area contributed by atoms with Crippen LogP contribution >= 0.6 is 0 Å². The number of allylic oxidation sites excluding steroid dienone is 3.